The molecule has 10 heteroatoms. The van der Waals surface area contributed by atoms with E-state index in [2.05, 4.69) is 20.3 Å². The van der Waals surface area contributed by atoms with Crippen molar-refractivity contribution >= 4 is 17.0 Å². The Kier molecular flexibility index (Phi) is 4.89. The first-order valence-electron chi connectivity index (χ1n) is 8.11. The lowest BCUT2D eigenvalue weighted by molar-refractivity contribution is -0.0950. The van der Waals surface area contributed by atoms with Crippen LogP contribution in [0.3, 0.4) is 0 Å². The van der Waals surface area contributed by atoms with Gasteiger partial charge in [0.15, 0.2) is 23.2 Å². The average Bonchev–Trinajstić information content (AvgIpc) is 3.12. The molecule has 0 aromatic carbocycles. The molecule has 3 heterocycles. The number of nitrogens with zero attached hydrogens (tertiary/aromatic N) is 5. The summed E-state index contributed by atoms with van der Waals surface area (Å²) in [4.78, 5) is 14.9. The molecule has 0 amide bonds. The number of ether oxygens (including phenoxy) is 1. The van der Waals surface area contributed by atoms with Crippen LogP contribution < -0.4 is 10.2 Å². The van der Waals surface area contributed by atoms with Gasteiger partial charge < -0.3 is 30.3 Å². The minimum Gasteiger partial charge on any atom is -0.394 e. The molecule has 2 aromatic rings. The highest BCUT2D eigenvalue weighted by atomic mass is 16.6. The van der Waals surface area contributed by atoms with Crippen LogP contribution in [-0.4, -0.2) is 86.4 Å². The van der Waals surface area contributed by atoms with Gasteiger partial charge >= 0.3 is 0 Å². The van der Waals surface area contributed by atoms with Gasteiger partial charge in [-0.1, -0.05) is 0 Å². The van der Waals surface area contributed by atoms with Gasteiger partial charge in [-0.25, -0.2) is 15.0 Å². The lowest BCUT2D eigenvalue weighted by Crippen LogP contribution is -2.44. The highest BCUT2D eigenvalue weighted by molar-refractivity contribution is 5.83. The molecule has 3 rings (SSSR count). The van der Waals surface area contributed by atoms with Crippen molar-refractivity contribution in [3.63, 3.8) is 0 Å². The molecular weight excluding hydrogens is 328 g/mol. The number of hydrogen-bond donors (Lipinski definition) is 4. The summed E-state index contributed by atoms with van der Waals surface area (Å²) in [7, 11) is 3.78. The number of rotatable bonds is 6. The summed E-state index contributed by atoms with van der Waals surface area (Å²) < 4.78 is 7.21. The first-order valence-corrected chi connectivity index (χ1v) is 8.11. The molecule has 138 valence electrons. The zero-order valence-electron chi connectivity index (χ0n) is 14.5. The predicted octanol–water partition coefficient (Wildman–Crippen LogP) is -1.52. The van der Waals surface area contributed by atoms with Gasteiger partial charge in [-0.3, -0.25) is 4.57 Å². The highest BCUT2D eigenvalue weighted by Gasteiger charge is 2.53. The topological polar surface area (TPSA) is 129 Å². The van der Waals surface area contributed by atoms with E-state index in [1.165, 1.54) is 19.6 Å². The van der Waals surface area contributed by atoms with Crippen molar-refractivity contribution < 1.29 is 20.1 Å². The van der Waals surface area contributed by atoms with Crippen LogP contribution in [0.4, 0.5) is 5.82 Å². The van der Waals surface area contributed by atoms with Crippen LogP contribution >= 0.6 is 0 Å². The Morgan fingerprint density at radius 2 is 2.16 bits per heavy atom. The fraction of sp³-hybridized carbons (Fsp3) is 0.667. The summed E-state index contributed by atoms with van der Waals surface area (Å²) in [6.07, 6.45) is -0.0953. The third-order valence-corrected chi connectivity index (χ3v) is 4.59. The van der Waals surface area contributed by atoms with Crippen LogP contribution in [0.5, 0.6) is 0 Å². The van der Waals surface area contributed by atoms with E-state index < -0.39 is 30.6 Å². The van der Waals surface area contributed by atoms with Crippen molar-refractivity contribution in [1.82, 2.24) is 24.8 Å². The van der Waals surface area contributed by atoms with E-state index >= 15 is 0 Å². The molecule has 0 aliphatic carbocycles. The lowest BCUT2D eigenvalue weighted by atomic mass is 9.96. The number of aliphatic hydroxyl groups is 3. The van der Waals surface area contributed by atoms with E-state index in [0.717, 1.165) is 13.1 Å². The van der Waals surface area contributed by atoms with E-state index in [1.54, 1.807) is 4.57 Å². The van der Waals surface area contributed by atoms with Crippen molar-refractivity contribution in [3.05, 3.63) is 12.7 Å². The van der Waals surface area contributed by atoms with Crippen LogP contribution in [-0.2, 0) is 4.74 Å². The van der Waals surface area contributed by atoms with E-state index in [4.69, 9.17) is 4.74 Å². The van der Waals surface area contributed by atoms with Crippen molar-refractivity contribution in [2.75, 3.05) is 38.7 Å². The molecular formula is C15H24N6O4. The van der Waals surface area contributed by atoms with E-state index in [0.29, 0.717) is 17.0 Å². The van der Waals surface area contributed by atoms with Crippen LogP contribution in [0.1, 0.15) is 13.2 Å². The molecule has 0 spiro atoms. The maximum Gasteiger partial charge on any atom is 0.168 e. The number of imidazole rings is 1. The Bertz CT molecular complexity index is 736. The minimum absolute atomic E-state index is 0.395. The van der Waals surface area contributed by atoms with Gasteiger partial charge in [0.05, 0.1) is 12.9 Å². The van der Waals surface area contributed by atoms with Gasteiger partial charge in [-0.15, -0.1) is 0 Å². The highest BCUT2D eigenvalue weighted by Crippen LogP contribution is 2.39. The van der Waals surface area contributed by atoms with Gasteiger partial charge in [0.1, 0.15) is 24.1 Å². The fourth-order valence-corrected chi connectivity index (χ4v) is 3.07. The SMILES string of the molecule is CNCCN(C)c1ncnc2c1ncn2C1OC(CO)C(O)C1(C)O. The maximum atomic E-state index is 10.7. The zero-order valence-corrected chi connectivity index (χ0v) is 14.5. The van der Waals surface area contributed by atoms with E-state index in [9.17, 15) is 15.3 Å². The molecule has 4 atom stereocenters. The van der Waals surface area contributed by atoms with Crippen LogP contribution in [0.2, 0.25) is 0 Å². The van der Waals surface area contributed by atoms with Crippen LogP contribution in [0.25, 0.3) is 11.2 Å². The summed E-state index contributed by atoms with van der Waals surface area (Å²) in [5.41, 5.74) is -0.538. The lowest BCUT2D eigenvalue weighted by Gasteiger charge is -2.27. The van der Waals surface area contributed by atoms with Crippen molar-refractivity contribution in [3.8, 4) is 0 Å². The number of anilines is 1. The summed E-state index contributed by atoms with van der Waals surface area (Å²) in [5, 5.41) is 33.3. The molecule has 4 N–H and O–H groups in total. The third-order valence-electron chi connectivity index (χ3n) is 4.59. The second-order valence-electron chi connectivity index (χ2n) is 6.43. The molecule has 0 radical (unpaired) electrons. The summed E-state index contributed by atoms with van der Waals surface area (Å²) >= 11 is 0. The molecule has 1 aliphatic heterocycles. The molecule has 1 fully saturated rings. The molecule has 1 aliphatic rings. The Balaban J connectivity index is 1.99. The number of likely N-dealkylation sites (N-methyl/N-ethyl adjacent to an activating group) is 2. The maximum absolute atomic E-state index is 10.7. The fourth-order valence-electron chi connectivity index (χ4n) is 3.07. The van der Waals surface area contributed by atoms with Gasteiger partial charge in [-0.05, 0) is 14.0 Å². The third kappa shape index (κ3) is 2.96. The van der Waals surface area contributed by atoms with Gasteiger partial charge in [-0.2, -0.15) is 0 Å². The number of fused-ring (bicyclic) bond motifs is 1. The standard InChI is InChI=1S/C15H24N6O4/c1-15(24)11(23)9(6-22)25-14(15)21-8-19-10-12(17-7-18-13(10)21)20(3)5-4-16-2/h7-9,11,14,16,22-24H,4-6H2,1-3H3. The summed E-state index contributed by atoms with van der Waals surface area (Å²) in [5.74, 6) is 0.663. The zero-order chi connectivity index (χ0) is 18.2. The molecule has 10 nitrogen and oxygen atoms in total. The second kappa shape index (κ2) is 6.81. The average molecular weight is 352 g/mol. The molecule has 4 unspecified atom stereocenters. The van der Waals surface area contributed by atoms with Crippen molar-refractivity contribution in [2.45, 2.75) is 31.0 Å². The van der Waals surface area contributed by atoms with E-state index in [-0.39, 0.29) is 0 Å². The molecule has 0 saturated carbocycles. The van der Waals surface area contributed by atoms with Crippen molar-refractivity contribution in [2.24, 2.45) is 0 Å². The Hall–Kier alpha value is -1.85. The largest absolute Gasteiger partial charge is 0.394 e. The van der Waals surface area contributed by atoms with Crippen LogP contribution in [0, 0.1) is 0 Å². The molecule has 1 saturated heterocycles. The van der Waals surface area contributed by atoms with E-state index in [1.807, 2.05) is 19.0 Å². The van der Waals surface area contributed by atoms with Crippen molar-refractivity contribution in [1.29, 1.82) is 0 Å². The van der Waals surface area contributed by atoms with Gasteiger partial charge in [0.2, 0.25) is 0 Å². The monoisotopic (exact) mass is 352 g/mol. The smallest absolute Gasteiger partial charge is 0.168 e. The number of hydrogen-bond acceptors (Lipinski definition) is 9. The quantitative estimate of drug-likeness (QED) is 0.490. The number of aliphatic hydroxyl groups excluding tert-OH is 2. The minimum atomic E-state index is -1.59. The summed E-state index contributed by atoms with van der Waals surface area (Å²) in [6, 6.07) is 0. The molecule has 0 bridgehead atoms. The van der Waals surface area contributed by atoms with Gasteiger partial charge in [0, 0.05) is 20.1 Å². The molecule has 2 aromatic heterocycles. The Morgan fingerprint density at radius 1 is 1.40 bits per heavy atom. The number of aromatic nitrogens is 4. The first-order chi connectivity index (χ1) is 11.9. The Labute approximate surface area is 145 Å². The Morgan fingerprint density at radius 3 is 2.80 bits per heavy atom. The van der Waals surface area contributed by atoms with Crippen LogP contribution in [0.15, 0.2) is 12.7 Å². The second-order valence-corrected chi connectivity index (χ2v) is 6.43. The predicted molar refractivity (Wildman–Crippen MR) is 90.1 cm³/mol. The normalized spacial score (nSPS) is 29.4. The molecule has 25 heavy (non-hydrogen) atoms. The van der Waals surface area contributed by atoms with Gasteiger partial charge in [0.25, 0.3) is 0 Å². The number of nitrogens with one attached hydrogen (secondary N) is 1. The first kappa shape index (κ1) is 18.0. The summed E-state index contributed by atoms with van der Waals surface area (Å²) in [6.45, 7) is 2.59.